The molecule has 5 heteroatoms. The van der Waals surface area contributed by atoms with Crippen molar-refractivity contribution in [2.45, 2.75) is 51.6 Å². The van der Waals surface area contributed by atoms with Crippen molar-refractivity contribution in [3.63, 3.8) is 0 Å². The number of rotatable bonds is 7. The lowest BCUT2D eigenvalue weighted by atomic mass is 9.97. The predicted octanol–water partition coefficient (Wildman–Crippen LogP) is 2.97. The van der Waals surface area contributed by atoms with E-state index >= 15 is 0 Å². The Hall–Kier alpha value is -1.72. The fourth-order valence-electron chi connectivity index (χ4n) is 2.21. The molecule has 5 nitrogen and oxygen atoms in total. The average Bonchev–Trinajstić information content (AvgIpc) is 2.97. The molecule has 0 radical (unpaired) electrons. The number of nitrogens with one attached hydrogen (secondary N) is 1. The van der Waals surface area contributed by atoms with E-state index in [1.54, 1.807) is 0 Å². The predicted molar refractivity (Wildman–Crippen MR) is 85.3 cm³/mol. The Morgan fingerprint density at radius 3 is 2.55 bits per heavy atom. The van der Waals surface area contributed by atoms with Crippen LogP contribution in [0.3, 0.4) is 0 Å². The molecule has 0 saturated heterocycles. The molecule has 2 rings (SSSR count). The first-order valence-electron chi connectivity index (χ1n) is 7.73. The zero-order valence-electron chi connectivity index (χ0n) is 13.5. The molecule has 2 aromatic rings. The summed E-state index contributed by atoms with van der Waals surface area (Å²) >= 11 is 0. The van der Waals surface area contributed by atoms with E-state index in [-0.39, 0.29) is 18.1 Å². The molecular weight excluding hydrogens is 278 g/mol. The maximum absolute atomic E-state index is 9.07. The molecule has 22 heavy (non-hydrogen) atoms. The Morgan fingerprint density at radius 1 is 1.23 bits per heavy atom. The second-order valence-corrected chi connectivity index (χ2v) is 6.48. The lowest BCUT2D eigenvalue weighted by Gasteiger charge is -2.18. The largest absolute Gasteiger partial charge is 0.396 e. The number of nitrogens with zero attached hydrogens (tertiary/aromatic N) is 2. The summed E-state index contributed by atoms with van der Waals surface area (Å²) in [5.41, 5.74) is 1.07. The van der Waals surface area contributed by atoms with Gasteiger partial charge in [0.2, 0.25) is 5.89 Å². The summed E-state index contributed by atoms with van der Waals surface area (Å²) in [6, 6.07) is 10.4. The third-order valence-electron chi connectivity index (χ3n) is 3.47. The Balaban J connectivity index is 2.00. The van der Waals surface area contributed by atoms with Gasteiger partial charge in [0, 0.05) is 18.1 Å². The van der Waals surface area contributed by atoms with Gasteiger partial charge in [-0.1, -0.05) is 56.3 Å². The Labute approximate surface area is 131 Å². The quantitative estimate of drug-likeness (QED) is 0.823. The van der Waals surface area contributed by atoms with E-state index < -0.39 is 0 Å². The first-order valence-corrected chi connectivity index (χ1v) is 7.73. The lowest BCUT2D eigenvalue weighted by molar-refractivity contribution is 0.274. The van der Waals surface area contributed by atoms with Crippen LogP contribution in [0.15, 0.2) is 34.9 Å². The van der Waals surface area contributed by atoms with E-state index in [9.17, 15) is 0 Å². The molecule has 1 aromatic heterocycles. The van der Waals surface area contributed by atoms with E-state index in [2.05, 4.69) is 27.6 Å². The zero-order valence-corrected chi connectivity index (χ0v) is 13.5. The highest BCUT2D eigenvalue weighted by atomic mass is 16.5. The van der Waals surface area contributed by atoms with Gasteiger partial charge in [-0.3, -0.25) is 0 Å². The van der Waals surface area contributed by atoms with Crippen LogP contribution in [0.25, 0.3) is 0 Å². The summed E-state index contributed by atoms with van der Waals surface area (Å²) in [5, 5.41) is 16.6. The third-order valence-corrected chi connectivity index (χ3v) is 3.47. The van der Waals surface area contributed by atoms with Crippen molar-refractivity contribution in [3.05, 3.63) is 47.6 Å². The molecule has 0 aliphatic carbocycles. The van der Waals surface area contributed by atoms with Crippen molar-refractivity contribution in [2.24, 2.45) is 0 Å². The minimum absolute atomic E-state index is 0.138. The molecule has 0 fully saturated rings. The molecule has 1 heterocycles. The lowest BCUT2D eigenvalue weighted by Crippen LogP contribution is -2.22. The summed E-state index contributed by atoms with van der Waals surface area (Å²) in [7, 11) is 0. The fourth-order valence-corrected chi connectivity index (χ4v) is 2.21. The summed E-state index contributed by atoms with van der Waals surface area (Å²) in [6.07, 6.45) is 1.62. The highest BCUT2D eigenvalue weighted by Gasteiger charge is 2.22. The molecule has 1 aromatic carbocycles. The van der Waals surface area contributed by atoms with Crippen molar-refractivity contribution in [2.75, 3.05) is 6.61 Å². The number of hydrogen-bond acceptors (Lipinski definition) is 5. The summed E-state index contributed by atoms with van der Waals surface area (Å²) < 4.78 is 5.31. The van der Waals surface area contributed by atoms with Crippen LogP contribution in [0.1, 0.15) is 56.9 Å². The van der Waals surface area contributed by atoms with Crippen LogP contribution in [0.4, 0.5) is 0 Å². The van der Waals surface area contributed by atoms with Gasteiger partial charge in [-0.05, 0) is 18.4 Å². The molecule has 0 amide bonds. The van der Waals surface area contributed by atoms with Gasteiger partial charge < -0.3 is 14.9 Å². The first-order chi connectivity index (χ1) is 10.5. The summed E-state index contributed by atoms with van der Waals surface area (Å²) in [6.45, 7) is 6.88. The fraction of sp³-hybridized carbons (Fsp3) is 0.529. The van der Waals surface area contributed by atoms with Crippen molar-refractivity contribution in [1.82, 2.24) is 15.5 Å². The van der Waals surface area contributed by atoms with Gasteiger partial charge in [0.15, 0.2) is 5.82 Å². The maximum Gasteiger partial charge on any atom is 0.232 e. The third kappa shape index (κ3) is 4.64. The Morgan fingerprint density at radius 2 is 1.95 bits per heavy atom. The van der Waals surface area contributed by atoms with E-state index in [0.717, 1.165) is 12.8 Å². The number of benzene rings is 1. The van der Waals surface area contributed by atoms with Gasteiger partial charge in [0.1, 0.15) is 0 Å². The molecule has 0 aliphatic rings. The van der Waals surface area contributed by atoms with Crippen LogP contribution in [0, 0.1) is 0 Å². The topological polar surface area (TPSA) is 71.2 Å². The van der Waals surface area contributed by atoms with Gasteiger partial charge in [0.25, 0.3) is 0 Å². The van der Waals surface area contributed by atoms with Crippen LogP contribution in [0.2, 0.25) is 0 Å². The normalized spacial score (nSPS) is 13.3. The van der Waals surface area contributed by atoms with Gasteiger partial charge in [-0.25, -0.2) is 0 Å². The van der Waals surface area contributed by atoms with Crippen LogP contribution in [0.5, 0.6) is 0 Å². The number of aliphatic hydroxyl groups excluding tert-OH is 1. The molecule has 2 N–H and O–H groups in total. The molecular formula is C17H25N3O2. The molecule has 0 bridgehead atoms. The zero-order chi connectivity index (χ0) is 16.0. The summed E-state index contributed by atoms with van der Waals surface area (Å²) in [4.78, 5) is 4.44. The molecule has 0 spiro atoms. The van der Waals surface area contributed by atoms with Gasteiger partial charge >= 0.3 is 0 Å². The highest BCUT2D eigenvalue weighted by Crippen LogP contribution is 2.21. The van der Waals surface area contributed by atoms with Gasteiger partial charge in [0.05, 0.1) is 6.54 Å². The van der Waals surface area contributed by atoms with Crippen LogP contribution >= 0.6 is 0 Å². The van der Waals surface area contributed by atoms with E-state index in [4.69, 9.17) is 9.63 Å². The molecule has 0 aliphatic heterocycles. The SMILES string of the molecule is CC(C)(C)c1nc(CNC(CCCO)c2ccccc2)no1. The van der Waals surface area contributed by atoms with E-state index in [0.29, 0.717) is 18.3 Å². The maximum atomic E-state index is 9.07. The molecule has 1 unspecified atom stereocenters. The van der Waals surface area contributed by atoms with Gasteiger partial charge in [-0.2, -0.15) is 4.98 Å². The van der Waals surface area contributed by atoms with E-state index in [1.165, 1.54) is 5.56 Å². The van der Waals surface area contributed by atoms with Gasteiger partial charge in [-0.15, -0.1) is 0 Å². The molecule has 120 valence electrons. The number of aromatic nitrogens is 2. The number of aliphatic hydroxyl groups is 1. The first kappa shape index (κ1) is 16.6. The molecule has 1 atom stereocenters. The smallest absolute Gasteiger partial charge is 0.232 e. The van der Waals surface area contributed by atoms with Crippen molar-refractivity contribution < 1.29 is 9.63 Å². The highest BCUT2D eigenvalue weighted by molar-refractivity contribution is 5.18. The van der Waals surface area contributed by atoms with Crippen molar-refractivity contribution in [3.8, 4) is 0 Å². The Kier molecular flexibility index (Phi) is 5.69. The monoisotopic (exact) mass is 303 g/mol. The average molecular weight is 303 g/mol. The van der Waals surface area contributed by atoms with Crippen molar-refractivity contribution in [1.29, 1.82) is 0 Å². The standard InChI is InChI=1S/C17H25N3O2/c1-17(2,3)16-19-15(20-22-16)12-18-14(10-7-11-21)13-8-5-4-6-9-13/h4-6,8-9,14,18,21H,7,10-12H2,1-3H3. The number of hydrogen-bond donors (Lipinski definition) is 2. The van der Waals surface area contributed by atoms with Crippen LogP contribution in [-0.4, -0.2) is 21.9 Å². The van der Waals surface area contributed by atoms with Crippen molar-refractivity contribution >= 4 is 0 Å². The second-order valence-electron chi connectivity index (χ2n) is 6.48. The Bertz CT molecular complexity index is 561. The minimum Gasteiger partial charge on any atom is -0.396 e. The van der Waals surface area contributed by atoms with E-state index in [1.807, 2.05) is 39.0 Å². The molecule has 0 saturated carbocycles. The van der Waals surface area contributed by atoms with Crippen LogP contribution in [-0.2, 0) is 12.0 Å². The second kappa shape index (κ2) is 7.51. The summed E-state index contributed by atoms with van der Waals surface area (Å²) in [5.74, 6) is 1.31. The van der Waals surface area contributed by atoms with Crippen LogP contribution < -0.4 is 5.32 Å². The minimum atomic E-state index is -0.138.